The van der Waals surface area contributed by atoms with Gasteiger partial charge in [0.15, 0.2) is 0 Å². The number of nitrogens with one attached hydrogen (secondary N) is 1. The van der Waals surface area contributed by atoms with Gasteiger partial charge in [0.05, 0.1) is 11.0 Å². The van der Waals surface area contributed by atoms with Crippen LogP contribution in [0.3, 0.4) is 0 Å². The lowest BCUT2D eigenvalue weighted by atomic mass is 9.92. The quantitative estimate of drug-likeness (QED) is 0.343. The van der Waals surface area contributed by atoms with Gasteiger partial charge in [-0.3, -0.25) is 14.9 Å². The molecule has 2 aromatic rings. The number of alkyl halides is 3. The van der Waals surface area contributed by atoms with E-state index in [4.69, 9.17) is 4.74 Å². The molecule has 0 aromatic heterocycles. The molecule has 1 fully saturated rings. The van der Waals surface area contributed by atoms with Crippen LogP contribution in [-0.4, -0.2) is 41.0 Å². The maximum Gasteiger partial charge on any atom is 0.423 e. The normalized spacial score (nSPS) is 20.3. The van der Waals surface area contributed by atoms with Crippen molar-refractivity contribution < 1.29 is 32.0 Å². The number of carbonyl (C=O) groups is 1. The van der Waals surface area contributed by atoms with E-state index in [-0.39, 0.29) is 36.2 Å². The Labute approximate surface area is 199 Å². The second-order valence-electron chi connectivity index (χ2n) is 8.89. The zero-order valence-corrected chi connectivity index (χ0v) is 18.8. The molecule has 1 aliphatic heterocycles. The summed E-state index contributed by atoms with van der Waals surface area (Å²) in [6.07, 6.45) is -1.86. The highest BCUT2D eigenvalue weighted by Crippen LogP contribution is 2.38. The molecule has 0 atom stereocenters. The van der Waals surface area contributed by atoms with Crippen molar-refractivity contribution in [3.05, 3.63) is 69.0 Å². The fourth-order valence-corrected chi connectivity index (χ4v) is 4.64. The molecule has 1 saturated carbocycles. The van der Waals surface area contributed by atoms with Crippen LogP contribution in [0.25, 0.3) is 0 Å². The lowest BCUT2D eigenvalue weighted by Crippen LogP contribution is -2.39. The number of nitrogens with zero attached hydrogens (tertiary/aromatic N) is 2. The predicted octanol–water partition coefficient (Wildman–Crippen LogP) is 5.08. The zero-order chi connectivity index (χ0) is 25.2. The van der Waals surface area contributed by atoms with Gasteiger partial charge in [-0.15, -0.1) is 0 Å². The molecule has 1 heterocycles. The van der Waals surface area contributed by atoms with Crippen LogP contribution < -0.4 is 5.32 Å². The minimum absolute atomic E-state index is 0.0589. The van der Waals surface area contributed by atoms with Crippen molar-refractivity contribution in [2.45, 2.75) is 57.0 Å². The van der Waals surface area contributed by atoms with Crippen LogP contribution in [-0.2, 0) is 28.7 Å². The lowest BCUT2D eigenvalue weighted by Gasteiger charge is -2.32. The third kappa shape index (κ3) is 6.08. The molecule has 0 saturated heterocycles. The maximum absolute atomic E-state index is 13.4. The van der Waals surface area contributed by atoms with E-state index in [0.29, 0.717) is 45.2 Å². The number of nitro benzene ring substituents is 1. The molecule has 4 rings (SSSR count). The number of fused-ring (bicyclic) bond motifs is 1. The molecule has 1 N–H and O–H groups in total. The molecule has 0 radical (unpaired) electrons. The molecule has 0 bridgehead atoms. The minimum atomic E-state index is -4.83. The van der Waals surface area contributed by atoms with Gasteiger partial charge < -0.3 is 15.0 Å². The van der Waals surface area contributed by atoms with Gasteiger partial charge in [-0.2, -0.15) is 13.2 Å². The van der Waals surface area contributed by atoms with Crippen molar-refractivity contribution in [1.82, 2.24) is 4.90 Å². The topological polar surface area (TPSA) is 84.7 Å². The molecule has 0 spiro atoms. The number of rotatable bonds is 6. The van der Waals surface area contributed by atoms with Gasteiger partial charge in [0, 0.05) is 30.9 Å². The van der Waals surface area contributed by atoms with Crippen LogP contribution in [0, 0.1) is 15.9 Å². The SMILES string of the molecule is O=C(CO[C@H]1CC[C@H](Nc2ccc([N+](=O)[O-])c(C(F)(F)F)c2)CC1)N1CCc2cc(F)ccc2C1. The lowest BCUT2D eigenvalue weighted by molar-refractivity contribution is -0.388. The highest BCUT2D eigenvalue weighted by molar-refractivity contribution is 5.77. The Morgan fingerprint density at radius 2 is 1.86 bits per heavy atom. The molecule has 11 heteroatoms. The molecule has 7 nitrogen and oxygen atoms in total. The van der Waals surface area contributed by atoms with Crippen molar-refractivity contribution >= 4 is 17.3 Å². The van der Waals surface area contributed by atoms with Gasteiger partial charge in [-0.25, -0.2) is 4.39 Å². The Hall–Kier alpha value is -3.21. The summed E-state index contributed by atoms with van der Waals surface area (Å²) in [4.78, 5) is 24.2. The first-order valence-electron chi connectivity index (χ1n) is 11.4. The molecule has 2 aliphatic rings. The van der Waals surface area contributed by atoms with E-state index in [9.17, 15) is 32.5 Å². The van der Waals surface area contributed by atoms with Gasteiger partial charge >= 0.3 is 6.18 Å². The average Bonchev–Trinajstić information content (AvgIpc) is 2.82. The number of benzene rings is 2. The highest BCUT2D eigenvalue weighted by atomic mass is 19.4. The molecule has 188 valence electrons. The molecular formula is C24H25F4N3O4. The zero-order valence-electron chi connectivity index (χ0n) is 18.8. The summed E-state index contributed by atoms with van der Waals surface area (Å²) >= 11 is 0. The van der Waals surface area contributed by atoms with Crippen molar-refractivity contribution in [2.75, 3.05) is 18.5 Å². The van der Waals surface area contributed by atoms with Gasteiger partial charge in [0.2, 0.25) is 5.91 Å². The fraction of sp³-hybridized carbons (Fsp3) is 0.458. The van der Waals surface area contributed by atoms with E-state index >= 15 is 0 Å². The van der Waals surface area contributed by atoms with Crippen LogP contribution in [0.2, 0.25) is 0 Å². The summed E-state index contributed by atoms with van der Waals surface area (Å²) in [5.74, 6) is -0.419. The van der Waals surface area contributed by atoms with Crippen molar-refractivity contribution in [2.24, 2.45) is 0 Å². The Balaban J connectivity index is 1.25. The van der Waals surface area contributed by atoms with Crippen molar-refractivity contribution in [3.63, 3.8) is 0 Å². The van der Waals surface area contributed by atoms with E-state index in [1.807, 2.05) is 0 Å². The van der Waals surface area contributed by atoms with E-state index in [1.165, 1.54) is 18.2 Å². The van der Waals surface area contributed by atoms with Crippen LogP contribution >= 0.6 is 0 Å². The fourth-order valence-electron chi connectivity index (χ4n) is 4.64. The Morgan fingerprint density at radius 1 is 1.11 bits per heavy atom. The first-order valence-corrected chi connectivity index (χ1v) is 11.4. The first-order chi connectivity index (χ1) is 16.6. The molecule has 2 aromatic carbocycles. The Morgan fingerprint density at radius 3 is 2.54 bits per heavy atom. The monoisotopic (exact) mass is 495 g/mol. The van der Waals surface area contributed by atoms with Crippen molar-refractivity contribution in [3.8, 4) is 0 Å². The van der Waals surface area contributed by atoms with E-state index in [2.05, 4.69) is 5.32 Å². The summed E-state index contributed by atoms with van der Waals surface area (Å²) in [7, 11) is 0. The summed E-state index contributed by atoms with van der Waals surface area (Å²) < 4.78 is 58.8. The van der Waals surface area contributed by atoms with Crippen LogP contribution in [0.4, 0.5) is 28.9 Å². The first kappa shape index (κ1) is 24.9. The standard InChI is InChI=1S/C24H25F4N3O4/c25-17-2-1-16-13-30(10-9-15(16)11-17)23(32)14-35-20-6-3-18(4-7-20)29-19-5-8-22(31(33)34)21(12-19)24(26,27)28/h1-2,5,8,11-12,18,20,29H,3-4,6-7,9-10,13-14H2/t18-,20-. The van der Waals surface area contributed by atoms with Gasteiger partial charge in [0.1, 0.15) is 18.0 Å². The van der Waals surface area contributed by atoms with Gasteiger partial charge in [-0.1, -0.05) is 6.07 Å². The predicted molar refractivity (Wildman–Crippen MR) is 119 cm³/mol. The Kier molecular flexibility index (Phi) is 7.25. The number of amides is 1. The number of carbonyl (C=O) groups excluding carboxylic acids is 1. The Bertz CT molecular complexity index is 1100. The summed E-state index contributed by atoms with van der Waals surface area (Å²) in [5.41, 5.74) is -0.246. The number of ether oxygens (including phenoxy) is 1. The highest BCUT2D eigenvalue weighted by Gasteiger charge is 2.38. The average molecular weight is 495 g/mol. The second kappa shape index (κ2) is 10.2. The summed E-state index contributed by atoms with van der Waals surface area (Å²) in [5, 5.41) is 13.9. The summed E-state index contributed by atoms with van der Waals surface area (Å²) in [6, 6.07) is 7.39. The van der Waals surface area contributed by atoms with Gasteiger partial charge in [-0.05, 0) is 67.5 Å². The summed E-state index contributed by atoms with van der Waals surface area (Å²) in [6.45, 7) is 0.866. The molecule has 1 aliphatic carbocycles. The molecule has 1 amide bonds. The number of hydrogen-bond donors (Lipinski definition) is 1. The number of nitro groups is 1. The van der Waals surface area contributed by atoms with Crippen LogP contribution in [0.15, 0.2) is 36.4 Å². The number of halogens is 4. The maximum atomic E-state index is 13.4. The van der Waals surface area contributed by atoms with E-state index in [1.54, 1.807) is 11.0 Å². The third-order valence-corrected chi connectivity index (χ3v) is 6.52. The third-order valence-electron chi connectivity index (χ3n) is 6.52. The number of hydrogen-bond acceptors (Lipinski definition) is 5. The minimum Gasteiger partial charge on any atom is -0.382 e. The van der Waals surface area contributed by atoms with Gasteiger partial charge in [0.25, 0.3) is 5.69 Å². The second-order valence-corrected chi connectivity index (χ2v) is 8.89. The number of anilines is 1. The smallest absolute Gasteiger partial charge is 0.382 e. The van der Waals surface area contributed by atoms with Crippen LogP contribution in [0.5, 0.6) is 0 Å². The van der Waals surface area contributed by atoms with E-state index in [0.717, 1.165) is 23.3 Å². The van der Waals surface area contributed by atoms with Crippen LogP contribution in [0.1, 0.15) is 42.4 Å². The molecule has 35 heavy (non-hydrogen) atoms. The molecular weight excluding hydrogens is 470 g/mol. The van der Waals surface area contributed by atoms with Crippen molar-refractivity contribution in [1.29, 1.82) is 0 Å². The van der Waals surface area contributed by atoms with E-state index < -0.39 is 22.4 Å². The largest absolute Gasteiger partial charge is 0.423 e. The molecule has 0 unspecified atom stereocenters.